The molecule has 2 aromatic carbocycles. The number of hydrogen-bond donors (Lipinski definition) is 1. The van der Waals surface area contributed by atoms with Crippen LogP contribution in [0, 0.1) is 5.92 Å². The molecule has 1 N–H and O–H groups in total. The number of rotatable bonds is 6. The maximum Gasteiger partial charge on any atom is 0.238 e. The molecule has 126 valence electrons. The van der Waals surface area contributed by atoms with Crippen LogP contribution in [0.2, 0.25) is 0 Å². The fourth-order valence-corrected chi connectivity index (χ4v) is 2.97. The van der Waals surface area contributed by atoms with Gasteiger partial charge in [-0.2, -0.15) is 0 Å². The lowest BCUT2D eigenvalue weighted by Gasteiger charge is -2.31. The number of carbonyl (C=O) groups excluding carboxylic acids is 1. The van der Waals surface area contributed by atoms with Crippen LogP contribution in [0.4, 0.5) is 5.69 Å². The number of amides is 1. The smallest absolute Gasteiger partial charge is 0.238 e. The van der Waals surface area contributed by atoms with Crippen LogP contribution >= 0.6 is 0 Å². The van der Waals surface area contributed by atoms with E-state index in [1.54, 1.807) is 0 Å². The maximum atomic E-state index is 12.1. The molecule has 2 aromatic rings. The summed E-state index contributed by atoms with van der Waals surface area (Å²) in [5.41, 5.74) is 0.855. The molecule has 4 heteroatoms. The molecule has 3 rings (SSSR count). The van der Waals surface area contributed by atoms with E-state index in [9.17, 15) is 4.79 Å². The van der Waals surface area contributed by atoms with Crippen molar-refractivity contribution in [2.45, 2.75) is 12.8 Å². The first-order chi connectivity index (χ1) is 11.8. The van der Waals surface area contributed by atoms with Gasteiger partial charge in [-0.25, -0.2) is 0 Å². The molecule has 4 nitrogen and oxygen atoms in total. The number of ether oxygens (including phenoxy) is 1. The minimum absolute atomic E-state index is 0.0557. The van der Waals surface area contributed by atoms with E-state index in [2.05, 4.69) is 10.2 Å². The number of nitrogens with one attached hydrogen (secondary N) is 1. The zero-order valence-corrected chi connectivity index (χ0v) is 13.9. The van der Waals surface area contributed by atoms with Gasteiger partial charge in [-0.1, -0.05) is 36.4 Å². The van der Waals surface area contributed by atoms with Gasteiger partial charge in [0.05, 0.1) is 13.2 Å². The molecular weight excluding hydrogens is 300 g/mol. The lowest BCUT2D eigenvalue weighted by Crippen LogP contribution is -2.40. The van der Waals surface area contributed by atoms with Crippen molar-refractivity contribution in [3.8, 4) is 5.75 Å². The van der Waals surface area contributed by atoms with Crippen LogP contribution in [0.5, 0.6) is 5.75 Å². The Morgan fingerprint density at radius 2 is 1.62 bits per heavy atom. The van der Waals surface area contributed by atoms with Crippen LogP contribution in [0.25, 0.3) is 0 Å². The molecule has 0 spiro atoms. The van der Waals surface area contributed by atoms with Gasteiger partial charge < -0.3 is 10.1 Å². The van der Waals surface area contributed by atoms with E-state index in [-0.39, 0.29) is 5.91 Å². The Bertz CT molecular complexity index is 623. The lowest BCUT2D eigenvalue weighted by atomic mass is 9.98. The Hall–Kier alpha value is -2.33. The van der Waals surface area contributed by atoms with E-state index >= 15 is 0 Å². The predicted octanol–water partition coefficient (Wildman–Crippen LogP) is 3.42. The van der Waals surface area contributed by atoms with Crippen molar-refractivity contribution in [2.24, 2.45) is 5.92 Å². The highest BCUT2D eigenvalue weighted by Crippen LogP contribution is 2.19. The number of likely N-dealkylation sites (tertiary alicyclic amines) is 1. The molecule has 0 bridgehead atoms. The topological polar surface area (TPSA) is 41.6 Å². The lowest BCUT2D eigenvalue weighted by molar-refractivity contribution is -0.117. The highest BCUT2D eigenvalue weighted by Gasteiger charge is 2.21. The minimum atomic E-state index is 0.0557. The predicted molar refractivity (Wildman–Crippen MR) is 96.2 cm³/mol. The summed E-state index contributed by atoms with van der Waals surface area (Å²) in [7, 11) is 0. The quantitative estimate of drug-likeness (QED) is 0.885. The van der Waals surface area contributed by atoms with Crippen molar-refractivity contribution < 1.29 is 9.53 Å². The van der Waals surface area contributed by atoms with Gasteiger partial charge in [0.15, 0.2) is 0 Å². The van der Waals surface area contributed by atoms with Gasteiger partial charge in [-0.05, 0) is 56.1 Å². The minimum Gasteiger partial charge on any atom is -0.493 e. The summed E-state index contributed by atoms with van der Waals surface area (Å²) >= 11 is 0. The van der Waals surface area contributed by atoms with Crippen LogP contribution in [0.3, 0.4) is 0 Å². The normalized spacial score (nSPS) is 15.8. The molecule has 1 saturated heterocycles. The largest absolute Gasteiger partial charge is 0.493 e. The van der Waals surface area contributed by atoms with E-state index in [0.29, 0.717) is 12.5 Å². The molecule has 1 aliphatic heterocycles. The van der Waals surface area contributed by atoms with Crippen molar-refractivity contribution in [2.75, 3.05) is 31.6 Å². The Labute approximate surface area is 143 Å². The number of piperidine rings is 1. The standard InChI is InChI=1S/C20H24N2O2/c23-20(21-18-7-3-1-4-8-18)15-22-13-11-17(12-14-22)16-24-19-9-5-2-6-10-19/h1-10,17H,11-16H2,(H,21,23). The number of hydrogen-bond acceptors (Lipinski definition) is 3. The summed E-state index contributed by atoms with van der Waals surface area (Å²) in [6.07, 6.45) is 2.15. The van der Waals surface area contributed by atoms with Crippen LogP contribution in [0.15, 0.2) is 60.7 Å². The molecule has 0 atom stereocenters. The summed E-state index contributed by atoms with van der Waals surface area (Å²) in [4.78, 5) is 14.3. The van der Waals surface area contributed by atoms with Gasteiger partial charge in [-0.15, -0.1) is 0 Å². The third kappa shape index (κ3) is 5.10. The van der Waals surface area contributed by atoms with Gasteiger partial charge in [0.1, 0.15) is 5.75 Å². The second-order valence-electron chi connectivity index (χ2n) is 6.26. The summed E-state index contributed by atoms with van der Waals surface area (Å²) in [5.74, 6) is 1.56. The fourth-order valence-electron chi connectivity index (χ4n) is 2.97. The molecular formula is C20H24N2O2. The first kappa shape index (κ1) is 16.5. The number of nitrogens with zero attached hydrogens (tertiary/aromatic N) is 1. The number of anilines is 1. The van der Waals surface area contributed by atoms with Gasteiger partial charge >= 0.3 is 0 Å². The molecule has 0 radical (unpaired) electrons. The van der Waals surface area contributed by atoms with Gasteiger partial charge in [0.25, 0.3) is 0 Å². The monoisotopic (exact) mass is 324 g/mol. The molecule has 1 aliphatic rings. The number of carbonyl (C=O) groups is 1. The summed E-state index contributed by atoms with van der Waals surface area (Å²) in [6.45, 7) is 3.12. The molecule has 1 amide bonds. The maximum absolute atomic E-state index is 12.1. The number of para-hydroxylation sites is 2. The van der Waals surface area contributed by atoms with Crippen molar-refractivity contribution >= 4 is 11.6 Å². The average molecular weight is 324 g/mol. The Balaban J connectivity index is 1.36. The Kier molecular flexibility index (Phi) is 5.85. The molecule has 0 saturated carbocycles. The first-order valence-corrected chi connectivity index (χ1v) is 8.55. The molecule has 0 aliphatic carbocycles. The first-order valence-electron chi connectivity index (χ1n) is 8.55. The van der Waals surface area contributed by atoms with Crippen LogP contribution in [0.1, 0.15) is 12.8 Å². The van der Waals surface area contributed by atoms with E-state index in [1.165, 1.54) is 0 Å². The molecule has 0 unspecified atom stereocenters. The van der Waals surface area contributed by atoms with Crippen LogP contribution in [-0.4, -0.2) is 37.0 Å². The Morgan fingerprint density at radius 1 is 1.00 bits per heavy atom. The Morgan fingerprint density at radius 3 is 2.29 bits per heavy atom. The molecule has 0 aromatic heterocycles. The van der Waals surface area contributed by atoms with Gasteiger partial charge in [0.2, 0.25) is 5.91 Å². The highest BCUT2D eigenvalue weighted by molar-refractivity contribution is 5.92. The van der Waals surface area contributed by atoms with Gasteiger partial charge in [0, 0.05) is 5.69 Å². The second kappa shape index (κ2) is 8.50. The molecule has 1 fully saturated rings. The van der Waals surface area contributed by atoms with E-state index < -0.39 is 0 Å². The van der Waals surface area contributed by atoms with Crippen molar-refractivity contribution in [1.29, 1.82) is 0 Å². The van der Waals surface area contributed by atoms with Crippen LogP contribution < -0.4 is 10.1 Å². The third-order valence-corrected chi connectivity index (χ3v) is 4.36. The van der Waals surface area contributed by atoms with Crippen molar-refractivity contribution in [1.82, 2.24) is 4.90 Å². The van der Waals surface area contributed by atoms with E-state index in [0.717, 1.165) is 44.0 Å². The van der Waals surface area contributed by atoms with Crippen LogP contribution in [-0.2, 0) is 4.79 Å². The average Bonchev–Trinajstić information content (AvgIpc) is 2.63. The second-order valence-corrected chi connectivity index (χ2v) is 6.26. The number of benzene rings is 2. The SMILES string of the molecule is O=C(CN1CCC(COc2ccccc2)CC1)Nc1ccccc1. The molecule has 1 heterocycles. The summed E-state index contributed by atoms with van der Waals surface area (Å²) < 4.78 is 5.84. The highest BCUT2D eigenvalue weighted by atomic mass is 16.5. The van der Waals surface area contributed by atoms with Crippen molar-refractivity contribution in [3.05, 3.63) is 60.7 Å². The van der Waals surface area contributed by atoms with Crippen molar-refractivity contribution in [3.63, 3.8) is 0 Å². The summed E-state index contributed by atoms with van der Waals surface area (Å²) in [6, 6.07) is 19.6. The molecule has 24 heavy (non-hydrogen) atoms. The zero-order chi connectivity index (χ0) is 16.6. The third-order valence-electron chi connectivity index (χ3n) is 4.36. The van der Waals surface area contributed by atoms with Gasteiger partial charge in [-0.3, -0.25) is 9.69 Å². The summed E-state index contributed by atoms with van der Waals surface area (Å²) in [5, 5.41) is 2.94. The van der Waals surface area contributed by atoms with E-state index in [1.807, 2.05) is 60.7 Å². The zero-order valence-electron chi connectivity index (χ0n) is 13.9. The fraction of sp³-hybridized carbons (Fsp3) is 0.350. The van der Waals surface area contributed by atoms with E-state index in [4.69, 9.17) is 4.74 Å².